The number of nitrogens with zero attached hydrogens (tertiary/aromatic N) is 4. The molecule has 0 aliphatic rings. The highest BCUT2D eigenvalue weighted by atomic mass is 35.5. The second kappa shape index (κ2) is 4.31. The summed E-state index contributed by atoms with van der Waals surface area (Å²) < 4.78 is 25.1. The molecule has 0 spiro atoms. The minimum atomic E-state index is -2.69. The Kier molecular flexibility index (Phi) is 3.02. The number of aromatic nitrogens is 4. The lowest BCUT2D eigenvalue weighted by atomic mass is 10.2. The fourth-order valence-electron chi connectivity index (χ4n) is 1.12. The van der Waals surface area contributed by atoms with Crippen LogP contribution in [0.15, 0.2) is 18.6 Å². The third-order valence-corrected chi connectivity index (χ3v) is 2.30. The molecule has 84 valence electrons. The standard InChI is InChI=1S/C8H4Cl2F2N4/c9-6-5(2-13-7(10)15-6)4-1-14-16(3-4)8(11)12/h1-3,8H. The lowest BCUT2D eigenvalue weighted by Crippen LogP contribution is -1.96. The second-order valence-electron chi connectivity index (χ2n) is 2.83. The van der Waals surface area contributed by atoms with E-state index < -0.39 is 6.55 Å². The van der Waals surface area contributed by atoms with Crippen molar-refractivity contribution >= 4 is 23.2 Å². The first-order valence-corrected chi connectivity index (χ1v) is 4.84. The van der Waals surface area contributed by atoms with Crippen molar-refractivity contribution in [2.45, 2.75) is 6.55 Å². The van der Waals surface area contributed by atoms with Crippen molar-refractivity contribution in [3.8, 4) is 11.1 Å². The minimum absolute atomic E-state index is 0.00463. The van der Waals surface area contributed by atoms with Gasteiger partial charge in [0.15, 0.2) is 0 Å². The van der Waals surface area contributed by atoms with E-state index in [1.54, 1.807) is 0 Å². The van der Waals surface area contributed by atoms with Gasteiger partial charge in [0.05, 0.1) is 6.20 Å². The van der Waals surface area contributed by atoms with Crippen LogP contribution in [0.4, 0.5) is 8.78 Å². The van der Waals surface area contributed by atoms with Gasteiger partial charge >= 0.3 is 6.55 Å². The molecule has 0 fully saturated rings. The van der Waals surface area contributed by atoms with Gasteiger partial charge in [0.1, 0.15) is 5.15 Å². The van der Waals surface area contributed by atoms with E-state index >= 15 is 0 Å². The molecule has 0 amide bonds. The smallest absolute Gasteiger partial charge is 0.226 e. The summed E-state index contributed by atoms with van der Waals surface area (Å²) in [6.45, 7) is -2.69. The first-order valence-electron chi connectivity index (χ1n) is 4.08. The SMILES string of the molecule is FC(F)n1cc(-c2cnc(Cl)nc2Cl)cn1. The Hall–Kier alpha value is -1.27. The predicted octanol–water partition coefficient (Wildman–Crippen LogP) is 3.04. The molecule has 16 heavy (non-hydrogen) atoms. The third-order valence-electron chi connectivity index (χ3n) is 1.83. The van der Waals surface area contributed by atoms with Gasteiger partial charge in [-0.1, -0.05) is 11.6 Å². The monoisotopic (exact) mass is 264 g/mol. The summed E-state index contributed by atoms with van der Waals surface area (Å²) in [5.74, 6) is 0. The molecule has 0 radical (unpaired) electrons. The molecule has 0 atom stereocenters. The molecule has 2 aromatic rings. The van der Waals surface area contributed by atoms with Crippen molar-refractivity contribution in [1.29, 1.82) is 0 Å². The third kappa shape index (κ3) is 2.12. The highest BCUT2D eigenvalue weighted by Crippen LogP contribution is 2.26. The Morgan fingerprint density at radius 1 is 1.25 bits per heavy atom. The van der Waals surface area contributed by atoms with Crippen molar-refractivity contribution < 1.29 is 8.78 Å². The van der Waals surface area contributed by atoms with Crippen molar-refractivity contribution in [3.63, 3.8) is 0 Å². The molecule has 0 N–H and O–H groups in total. The van der Waals surface area contributed by atoms with Crippen LogP contribution in [-0.4, -0.2) is 19.7 Å². The van der Waals surface area contributed by atoms with Crippen LogP contribution in [0.3, 0.4) is 0 Å². The molecule has 0 saturated carbocycles. The molecule has 0 unspecified atom stereocenters. The van der Waals surface area contributed by atoms with Crippen molar-refractivity contribution in [2.24, 2.45) is 0 Å². The lowest BCUT2D eigenvalue weighted by molar-refractivity contribution is 0.0566. The minimum Gasteiger partial charge on any atom is -0.226 e. The molecule has 0 aliphatic carbocycles. The summed E-state index contributed by atoms with van der Waals surface area (Å²) in [4.78, 5) is 7.42. The van der Waals surface area contributed by atoms with Gasteiger partial charge < -0.3 is 0 Å². The lowest BCUT2D eigenvalue weighted by Gasteiger charge is -1.99. The molecular weight excluding hydrogens is 261 g/mol. The molecule has 0 bridgehead atoms. The first kappa shape index (κ1) is 11.2. The number of hydrogen-bond donors (Lipinski definition) is 0. The van der Waals surface area contributed by atoms with Gasteiger partial charge in [-0.2, -0.15) is 13.9 Å². The molecule has 2 aromatic heterocycles. The average molecular weight is 265 g/mol. The summed E-state index contributed by atoms with van der Waals surface area (Å²) in [5.41, 5.74) is 0.805. The van der Waals surface area contributed by atoms with Gasteiger partial charge in [-0.3, -0.25) is 0 Å². The van der Waals surface area contributed by atoms with Crippen LogP contribution >= 0.6 is 23.2 Å². The van der Waals surface area contributed by atoms with Crippen LogP contribution < -0.4 is 0 Å². The maximum absolute atomic E-state index is 12.3. The maximum atomic E-state index is 12.3. The fraction of sp³-hybridized carbons (Fsp3) is 0.125. The van der Waals surface area contributed by atoms with Gasteiger partial charge in [-0.15, -0.1) is 0 Å². The summed E-state index contributed by atoms with van der Waals surface area (Å²) >= 11 is 11.3. The zero-order valence-corrected chi connectivity index (χ0v) is 9.12. The number of halogens is 4. The van der Waals surface area contributed by atoms with E-state index in [1.165, 1.54) is 12.4 Å². The quantitative estimate of drug-likeness (QED) is 0.619. The van der Waals surface area contributed by atoms with Crippen LogP contribution in [0.1, 0.15) is 6.55 Å². The molecule has 2 rings (SSSR count). The number of hydrogen-bond acceptors (Lipinski definition) is 3. The molecule has 4 nitrogen and oxygen atoms in total. The number of alkyl halides is 2. The average Bonchev–Trinajstić information content (AvgIpc) is 2.66. The predicted molar refractivity (Wildman–Crippen MR) is 54.5 cm³/mol. The van der Waals surface area contributed by atoms with Crippen molar-refractivity contribution in [1.82, 2.24) is 19.7 Å². The molecular formula is C8H4Cl2F2N4. The van der Waals surface area contributed by atoms with E-state index in [1.807, 2.05) is 0 Å². The molecule has 0 aromatic carbocycles. The Morgan fingerprint density at radius 2 is 2.00 bits per heavy atom. The maximum Gasteiger partial charge on any atom is 0.333 e. The largest absolute Gasteiger partial charge is 0.333 e. The van der Waals surface area contributed by atoms with Gasteiger partial charge in [0.2, 0.25) is 5.28 Å². The van der Waals surface area contributed by atoms with E-state index in [4.69, 9.17) is 23.2 Å². The van der Waals surface area contributed by atoms with Crippen LogP contribution in [0.2, 0.25) is 10.4 Å². The zero-order valence-electron chi connectivity index (χ0n) is 7.61. The fourth-order valence-corrected chi connectivity index (χ4v) is 1.53. The summed E-state index contributed by atoms with van der Waals surface area (Å²) in [6, 6.07) is 0. The van der Waals surface area contributed by atoms with E-state index in [0.717, 1.165) is 6.20 Å². The van der Waals surface area contributed by atoms with Crippen LogP contribution in [0.25, 0.3) is 11.1 Å². The van der Waals surface area contributed by atoms with Crippen molar-refractivity contribution in [3.05, 3.63) is 29.0 Å². The van der Waals surface area contributed by atoms with Crippen LogP contribution in [-0.2, 0) is 0 Å². The normalized spacial score (nSPS) is 11.1. The topological polar surface area (TPSA) is 43.6 Å². The zero-order chi connectivity index (χ0) is 11.7. The second-order valence-corrected chi connectivity index (χ2v) is 3.53. The van der Waals surface area contributed by atoms with E-state index in [2.05, 4.69) is 15.1 Å². The summed E-state index contributed by atoms with van der Waals surface area (Å²) in [6.07, 6.45) is 3.76. The molecule has 0 saturated heterocycles. The number of rotatable bonds is 2. The molecule has 2 heterocycles. The van der Waals surface area contributed by atoms with Gasteiger partial charge in [-0.05, 0) is 11.6 Å². The highest BCUT2D eigenvalue weighted by molar-refractivity contribution is 6.33. The van der Waals surface area contributed by atoms with Crippen LogP contribution in [0.5, 0.6) is 0 Å². The highest BCUT2D eigenvalue weighted by Gasteiger charge is 2.12. The van der Waals surface area contributed by atoms with Crippen molar-refractivity contribution in [2.75, 3.05) is 0 Å². The summed E-state index contributed by atoms with van der Waals surface area (Å²) in [7, 11) is 0. The van der Waals surface area contributed by atoms with Crippen LogP contribution in [0, 0.1) is 0 Å². The van der Waals surface area contributed by atoms with E-state index in [0.29, 0.717) is 15.8 Å². The molecule has 0 aliphatic heterocycles. The van der Waals surface area contributed by atoms with Gasteiger partial charge in [-0.25, -0.2) is 14.6 Å². The van der Waals surface area contributed by atoms with Gasteiger partial charge in [0.25, 0.3) is 0 Å². The van der Waals surface area contributed by atoms with E-state index in [-0.39, 0.29) is 10.4 Å². The Labute approximate surface area is 98.8 Å². The Balaban J connectivity index is 2.42. The Morgan fingerprint density at radius 3 is 2.56 bits per heavy atom. The van der Waals surface area contributed by atoms with Gasteiger partial charge in [0, 0.05) is 23.5 Å². The summed E-state index contributed by atoms with van der Waals surface area (Å²) in [5, 5.41) is 3.56. The first-order chi connectivity index (χ1) is 7.58. The Bertz CT molecular complexity index is 514. The van der Waals surface area contributed by atoms with E-state index in [9.17, 15) is 8.78 Å². The molecule has 8 heteroatoms.